The van der Waals surface area contributed by atoms with E-state index < -0.39 is 11.2 Å². The second kappa shape index (κ2) is 8.26. The first-order valence-electron chi connectivity index (χ1n) is 8.89. The summed E-state index contributed by atoms with van der Waals surface area (Å²) in [5, 5.41) is 3.52. The van der Waals surface area contributed by atoms with Crippen molar-refractivity contribution in [2.24, 2.45) is 5.92 Å². The standard InChI is InChI=1S/C20H22N4O3S/c1-13(2)10-23(19(26)15-8-9-28-12-15)16-17(21)24(20(27)22-18(16)25)11-14-6-4-3-5-7-14/h3-9,12-13H,10-11,21H2,1-2H3,(H,22,25,27). The van der Waals surface area contributed by atoms with Crippen molar-refractivity contribution in [3.63, 3.8) is 0 Å². The number of anilines is 2. The number of carbonyl (C=O) groups is 1. The SMILES string of the molecule is CC(C)CN(C(=O)c1ccsc1)c1c(N)n(Cc2ccccc2)c(=O)[nH]c1=O. The highest BCUT2D eigenvalue weighted by atomic mass is 32.1. The van der Waals surface area contributed by atoms with E-state index >= 15 is 0 Å². The Morgan fingerprint density at radius 1 is 1.21 bits per heavy atom. The topological polar surface area (TPSA) is 101 Å². The zero-order chi connectivity index (χ0) is 20.3. The van der Waals surface area contributed by atoms with Crippen LogP contribution in [0.1, 0.15) is 29.8 Å². The summed E-state index contributed by atoms with van der Waals surface area (Å²) >= 11 is 1.40. The lowest BCUT2D eigenvalue weighted by atomic mass is 10.1. The van der Waals surface area contributed by atoms with Crippen molar-refractivity contribution >= 4 is 28.7 Å². The second-order valence-corrected chi connectivity index (χ2v) is 7.67. The van der Waals surface area contributed by atoms with E-state index in [0.717, 1.165) is 5.56 Å². The first-order chi connectivity index (χ1) is 13.4. The Labute approximate surface area is 166 Å². The minimum absolute atomic E-state index is 0.000399. The van der Waals surface area contributed by atoms with E-state index in [0.29, 0.717) is 12.1 Å². The molecule has 1 aromatic carbocycles. The maximum Gasteiger partial charge on any atom is 0.330 e. The van der Waals surface area contributed by atoms with Gasteiger partial charge >= 0.3 is 5.69 Å². The Balaban J connectivity index is 2.12. The van der Waals surface area contributed by atoms with Crippen LogP contribution in [0.15, 0.2) is 56.7 Å². The van der Waals surface area contributed by atoms with Crippen molar-refractivity contribution in [3.05, 3.63) is 79.1 Å². The fourth-order valence-corrected chi connectivity index (χ4v) is 3.57. The van der Waals surface area contributed by atoms with Crippen molar-refractivity contribution in [3.8, 4) is 0 Å². The molecule has 8 heteroatoms. The average molecular weight is 398 g/mol. The molecule has 0 saturated carbocycles. The molecule has 3 N–H and O–H groups in total. The maximum absolute atomic E-state index is 13.0. The molecule has 2 aromatic heterocycles. The molecule has 28 heavy (non-hydrogen) atoms. The third-order valence-electron chi connectivity index (χ3n) is 4.23. The Bertz CT molecular complexity index is 1070. The van der Waals surface area contributed by atoms with Gasteiger partial charge in [0.15, 0.2) is 5.69 Å². The molecular formula is C20H22N4O3S. The van der Waals surface area contributed by atoms with Gasteiger partial charge in [-0.1, -0.05) is 44.2 Å². The summed E-state index contributed by atoms with van der Waals surface area (Å²) in [4.78, 5) is 41.7. The van der Waals surface area contributed by atoms with E-state index in [2.05, 4.69) is 4.98 Å². The highest BCUT2D eigenvalue weighted by Crippen LogP contribution is 2.22. The first-order valence-corrected chi connectivity index (χ1v) is 9.83. The molecule has 0 bridgehead atoms. The zero-order valence-electron chi connectivity index (χ0n) is 15.7. The number of nitrogens with one attached hydrogen (secondary N) is 1. The van der Waals surface area contributed by atoms with Crippen LogP contribution in [0, 0.1) is 5.92 Å². The largest absolute Gasteiger partial charge is 0.383 e. The normalized spacial score (nSPS) is 11.0. The van der Waals surface area contributed by atoms with E-state index in [1.165, 1.54) is 20.8 Å². The van der Waals surface area contributed by atoms with Gasteiger partial charge in [-0.15, -0.1) is 0 Å². The number of amides is 1. The Morgan fingerprint density at radius 2 is 1.93 bits per heavy atom. The smallest absolute Gasteiger partial charge is 0.330 e. The Hall–Kier alpha value is -3.13. The fourth-order valence-electron chi connectivity index (χ4n) is 2.94. The number of nitrogens with zero attached hydrogens (tertiary/aromatic N) is 2. The second-order valence-electron chi connectivity index (χ2n) is 6.89. The van der Waals surface area contributed by atoms with Crippen LogP contribution >= 0.6 is 11.3 Å². The molecule has 0 aliphatic carbocycles. The van der Waals surface area contributed by atoms with Crippen molar-refractivity contribution in [1.29, 1.82) is 0 Å². The number of thiophene rings is 1. The molecule has 0 spiro atoms. The summed E-state index contributed by atoms with van der Waals surface area (Å²) in [6.07, 6.45) is 0. The molecule has 0 aliphatic heterocycles. The number of carbonyl (C=O) groups excluding carboxylic acids is 1. The summed E-state index contributed by atoms with van der Waals surface area (Å²) in [7, 11) is 0. The van der Waals surface area contributed by atoms with E-state index in [1.54, 1.807) is 16.8 Å². The third kappa shape index (κ3) is 4.07. The van der Waals surface area contributed by atoms with Gasteiger partial charge in [0.25, 0.3) is 11.5 Å². The van der Waals surface area contributed by atoms with Gasteiger partial charge in [0, 0.05) is 11.9 Å². The first kappa shape index (κ1) is 19.6. The molecule has 0 radical (unpaired) electrons. The van der Waals surface area contributed by atoms with Crippen LogP contribution < -0.4 is 21.9 Å². The minimum atomic E-state index is -0.670. The number of rotatable bonds is 6. The van der Waals surface area contributed by atoms with Gasteiger partial charge in [0.2, 0.25) is 0 Å². The van der Waals surface area contributed by atoms with Crippen molar-refractivity contribution < 1.29 is 4.79 Å². The number of nitrogens with two attached hydrogens (primary N) is 1. The molecule has 0 fully saturated rings. The van der Waals surface area contributed by atoms with Gasteiger partial charge in [-0.3, -0.25) is 19.1 Å². The number of aromatic nitrogens is 2. The predicted octanol–water partition coefficient (Wildman–Crippen LogP) is 2.53. The van der Waals surface area contributed by atoms with Gasteiger partial charge in [-0.05, 0) is 22.9 Å². The molecule has 0 unspecified atom stereocenters. The van der Waals surface area contributed by atoms with Crippen molar-refractivity contribution in [1.82, 2.24) is 9.55 Å². The molecule has 2 heterocycles. The lowest BCUT2D eigenvalue weighted by Crippen LogP contribution is -2.42. The highest BCUT2D eigenvalue weighted by molar-refractivity contribution is 7.08. The fraction of sp³-hybridized carbons (Fsp3) is 0.250. The lowest BCUT2D eigenvalue weighted by Gasteiger charge is -2.25. The molecule has 0 saturated heterocycles. The zero-order valence-corrected chi connectivity index (χ0v) is 16.5. The molecule has 0 aliphatic rings. The van der Waals surface area contributed by atoms with Crippen LogP contribution in [0.4, 0.5) is 11.5 Å². The van der Waals surface area contributed by atoms with E-state index in [1.807, 2.05) is 44.2 Å². The van der Waals surface area contributed by atoms with Crippen molar-refractivity contribution in [2.45, 2.75) is 20.4 Å². The molecule has 0 atom stereocenters. The number of hydrogen-bond acceptors (Lipinski definition) is 5. The van der Waals surface area contributed by atoms with Gasteiger partial charge in [0.1, 0.15) is 5.82 Å². The van der Waals surface area contributed by atoms with Gasteiger partial charge in [0.05, 0.1) is 12.1 Å². The van der Waals surface area contributed by atoms with Crippen LogP contribution in [0.3, 0.4) is 0 Å². The lowest BCUT2D eigenvalue weighted by molar-refractivity contribution is 0.0984. The van der Waals surface area contributed by atoms with Crippen LogP contribution in [0.5, 0.6) is 0 Å². The molecule has 3 aromatic rings. The molecule has 7 nitrogen and oxygen atoms in total. The van der Waals surface area contributed by atoms with E-state index in [-0.39, 0.29) is 29.9 Å². The predicted molar refractivity (Wildman–Crippen MR) is 112 cm³/mol. The minimum Gasteiger partial charge on any atom is -0.383 e. The monoisotopic (exact) mass is 398 g/mol. The number of aromatic amines is 1. The number of nitrogen functional groups attached to an aromatic ring is 1. The number of benzene rings is 1. The quantitative estimate of drug-likeness (QED) is 0.666. The average Bonchev–Trinajstić information content (AvgIpc) is 3.19. The summed E-state index contributed by atoms with van der Waals surface area (Å²) in [6.45, 7) is 4.37. The van der Waals surface area contributed by atoms with E-state index in [4.69, 9.17) is 5.73 Å². The summed E-state index contributed by atoms with van der Waals surface area (Å²) in [6, 6.07) is 11.0. The summed E-state index contributed by atoms with van der Waals surface area (Å²) in [5.41, 5.74) is 6.31. The van der Waals surface area contributed by atoms with Crippen molar-refractivity contribution in [2.75, 3.05) is 17.2 Å². The van der Waals surface area contributed by atoms with Gasteiger partial charge < -0.3 is 10.6 Å². The van der Waals surface area contributed by atoms with Crippen LogP contribution in [0.25, 0.3) is 0 Å². The van der Waals surface area contributed by atoms with Gasteiger partial charge in [-0.25, -0.2) is 4.79 Å². The highest BCUT2D eigenvalue weighted by Gasteiger charge is 2.26. The Kier molecular flexibility index (Phi) is 5.79. The molecule has 146 valence electrons. The maximum atomic E-state index is 13.0. The number of H-pyrrole nitrogens is 1. The summed E-state index contributed by atoms with van der Waals surface area (Å²) < 4.78 is 1.28. The van der Waals surface area contributed by atoms with Crippen LogP contribution in [0.2, 0.25) is 0 Å². The Morgan fingerprint density at radius 3 is 2.54 bits per heavy atom. The molecule has 3 rings (SSSR count). The number of hydrogen-bond donors (Lipinski definition) is 2. The van der Waals surface area contributed by atoms with Gasteiger partial charge in [-0.2, -0.15) is 11.3 Å². The third-order valence-corrected chi connectivity index (χ3v) is 4.91. The molecular weight excluding hydrogens is 376 g/mol. The van der Waals surface area contributed by atoms with Crippen LogP contribution in [-0.2, 0) is 6.54 Å². The summed E-state index contributed by atoms with van der Waals surface area (Å²) in [5.74, 6) is -0.255. The van der Waals surface area contributed by atoms with Crippen LogP contribution in [-0.4, -0.2) is 22.0 Å². The van der Waals surface area contributed by atoms with E-state index in [9.17, 15) is 14.4 Å². The molecule has 1 amide bonds.